The zero-order chi connectivity index (χ0) is 15.2. The number of methoxy groups -OCH3 is 2. The van der Waals surface area contributed by atoms with Crippen LogP contribution in [0.1, 0.15) is 5.56 Å². The lowest BCUT2D eigenvalue weighted by Gasteiger charge is -2.14. The highest BCUT2D eigenvalue weighted by Crippen LogP contribution is 2.22. The molecule has 0 atom stereocenters. The molecule has 0 saturated heterocycles. The van der Waals surface area contributed by atoms with Gasteiger partial charge >= 0.3 is 0 Å². The molecule has 21 heavy (non-hydrogen) atoms. The number of rotatable bonds is 6. The lowest BCUT2D eigenvalue weighted by atomic mass is 10.1. The van der Waals surface area contributed by atoms with Crippen LogP contribution in [0.15, 0.2) is 41.2 Å². The second kappa shape index (κ2) is 7.29. The second-order valence-corrected chi connectivity index (χ2v) is 4.82. The Morgan fingerprint density at radius 2 is 1.81 bits per heavy atom. The Morgan fingerprint density at radius 1 is 1.10 bits per heavy atom. The predicted octanol–water partition coefficient (Wildman–Crippen LogP) is 2.91. The second-order valence-electron chi connectivity index (χ2n) is 4.56. The van der Waals surface area contributed by atoms with Gasteiger partial charge in [-0.2, -0.15) is 0 Å². The number of hydrogen-bond donors (Lipinski definition) is 0. The van der Waals surface area contributed by atoms with E-state index in [2.05, 4.69) is 0 Å². The van der Waals surface area contributed by atoms with Gasteiger partial charge in [0.1, 0.15) is 5.75 Å². The van der Waals surface area contributed by atoms with E-state index >= 15 is 0 Å². The first-order valence-electron chi connectivity index (χ1n) is 6.63. The molecule has 1 aromatic carbocycles. The Bertz CT molecular complexity index is 650. The molecule has 5 heteroatoms. The molecule has 0 unspecified atom stereocenters. The third-order valence-electron chi connectivity index (χ3n) is 3.30. The minimum atomic E-state index is -0.0737. The van der Waals surface area contributed by atoms with Crippen molar-refractivity contribution in [3.8, 4) is 17.0 Å². The molecule has 0 bridgehead atoms. The molecule has 1 heterocycles. The highest BCUT2D eigenvalue weighted by molar-refractivity contribution is 6.17. The average molecular weight is 308 g/mol. The molecule has 4 nitrogen and oxygen atoms in total. The fraction of sp³-hybridized carbons (Fsp3) is 0.312. The van der Waals surface area contributed by atoms with E-state index in [0.29, 0.717) is 18.7 Å². The Balaban J connectivity index is 2.50. The lowest BCUT2D eigenvalue weighted by Crippen LogP contribution is -2.26. The zero-order valence-electron chi connectivity index (χ0n) is 12.1. The summed E-state index contributed by atoms with van der Waals surface area (Å²) in [5, 5.41) is 0. The van der Waals surface area contributed by atoms with E-state index in [1.165, 1.54) is 0 Å². The summed E-state index contributed by atoms with van der Waals surface area (Å²) in [6.07, 6.45) is 0. The molecule has 0 N–H and O–H groups in total. The van der Waals surface area contributed by atoms with E-state index in [1.807, 2.05) is 30.3 Å². The van der Waals surface area contributed by atoms with Crippen molar-refractivity contribution >= 4 is 11.6 Å². The van der Waals surface area contributed by atoms with Gasteiger partial charge in [-0.05, 0) is 35.9 Å². The Hall–Kier alpha value is -1.78. The molecular weight excluding hydrogens is 290 g/mol. The van der Waals surface area contributed by atoms with Crippen LogP contribution in [0.3, 0.4) is 0 Å². The van der Waals surface area contributed by atoms with Crippen molar-refractivity contribution in [3.05, 3.63) is 52.3 Å². The minimum absolute atomic E-state index is 0.0737. The van der Waals surface area contributed by atoms with Gasteiger partial charge in [0.2, 0.25) is 0 Å². The van der Waals surface area contributed by atoms with E-state index in [4.69, 9.17) is 21.1 Å². The Labute approximate surface area is 128 Å². The summed E-state index contributed by atoms with van der Waals surface area (Å²) >= 11 is 5.82. The van der Waals surface area contributed by atoms with Gasteiger partial charge in [-0.15, -0.1) is 11.6 Å². The number of pyridine rings is 1. The highest BCUT2D eigenvalue weighted by atomic mass is 35.5. The van der Waals surface area contributed by atoms with Gasteiger partial charge in [0.05, 0.1) is 25.3 Å². The number of alkyl halides is 1. The quantitative estimate of drug-likeness (QED) is 0.771. The van der Waals surface area contributed by atoms with E-state index in [9.17, 15) is 4.79 Å². The number of ether oxygens (including phenoxy) is 2. The molecular formula is C16H18ClNO3. The summed E-state index contributed by atoms with van der Waals surface area (Å²) in [7, 11) is 3.24. The summed E-state index contributed by atoms with van der Waals surface area (Å²) in [6.45, 7) is 0.955. The molecule has 112 valence electrons. The molecule has 0 saturated carbocycles. The summed E-state index contributed by atoms with van der Waals surface area (Å²) in [5.41, 5.74) is 2.30. The predicted molar refractivity (Wildman–Crippen MR) is 84.1 cm³/mol. The van der Waals surface area contributed by atoms with Gasteiger partial charge in [-0.1, -0.05) is 6.07 Å². The molecule has 2 aromatic rings. The maximum absolute atomic E-state index is 12.4. The van der Waals surface area contributed by atoms with Gasteiger partial charge in [-0.3, -0.25) is 4.79 Å². The summed E-state index contributed by atoms with van der Waals surface area (Å²) in [4.78, 5) is 12.4. The van der Waals surface area contributed by atoms with Crippen molar-refractivity contribution in [3.63, 3.8) is 0 Å². The van der Waals surface area contributed by atoms with Gasteiger partial charge in [0.25, 0.3) is 5.56 Å². The zero-order valence-corrected chi connectivity index (χ0v) is 12.9. The number of benzene rings is 1. The van der Waals surface area contributed by atoms with Crippen LogP contribution in [0.4, 0.5) is 0 Å². The summed E-state index contributed by atoms with van der Waals surface area (Å²) in [6, 6.07) is 11.3. The van der Waals surface area contributed by atoms with Crippen molar-refractivity contribution in [2.75, 3.05) is 20.8 Å². The third kappa shape index (κ3) is 3.46. The third-order valence-corrected chi connectivity index (χ3v) is 3.59. The van der Waals surface area contributed by atoms with Crippen LogP contribution in [0, 0.1) is 0 Å². The van der Waals surface area contributed by atoms with Crippen LogP contribution in [0.25, 0.3) is 11.3 Å². The maximum atomic E-state index is 12.4. The molecule has 2 rings (SSSR count). The molecule has 0 aliphatic heterocycles. The van der Waals surface area contributed by atoms with E-state index in [-0.39, 0.29) is 11.4 Å². The van der Waals surface area contributed by atoms with Gasteiger partial charge < -0.3 is 14.0 Å². The Kier molecular flexibility index (Phi) is 5.42. The highest BCUT2D eigenvalue weighted by Gasteiger charge is 2.10. The summed E-state index contributed by atoms with van der Waals surface area (Å²) in [5.74, 6) is 0.983. The van der Waals surface area contributed by atoms with Crippen molar-refractivity contribution in [2.45, 2.75) is 12.4 Å². The molecule has 0 fully saturated rings. The number of nitrogens with zero attached hydrogens (tertiary/aromatic N) is 1. The topological polar surface area (TPSA) is 40.5 Å². The van der Waals surface area contributed by atoms with Crippen LogP contribution in [0.2, 0.25) is 0 Å². The standard InChI is InChI=1S/C16H18ClNO3/c1-20-10-9-18-15(8-5-13(11-17)16(18)19)12-3-6-14(21-2)7-4-12/h3-8H,9-11H2,1-2H3. The molecule has 0 amide bonds. The van der Waals surface area contributed by atoms with Crippen molar-refractivity contribution in [2.24, 2.45) is 0 Å². The smallest absolute Gasteiger partial charge is 0.255 e. The van der Waals surface area contributed by atoms with Gasteiger partial charge in [0, 0.05) is 19.2 Å². The number of hydrogen-bond acceptors (Lipinski definition) is 3. The molecule has 0 aliphatic carbocycles. The van der Waals surface area contributed by atoms with Crippen LogP contribution in [-0.2, 0) is 17.2 Å². The normalized spacial score (nSPS) is 10.6. The molecule has 0 radical (unpaired) electrons. The maximum Gasteiger partial charge on any atom is 0.255 e. The Morgan fingerprint density at radius 3 is 2.38 bits per heavy atom. The largest absolute Gasteiger partial charge is 0.497 e. The van der Waals surface area contributed by atoms with Crippen LogP contribution < -0.4 is 10.3 Å². The van der Waals surface area contributed by atoms with E-state index < -0.39 is 0 Å². The lowest BCUT2D eigenvalue weighted by molar-refractivity contribution is 0.186. The van der Waals surface area contributed by atoms with Gasteiger partial charge in [0.15, 0.2) is 0 Å². The fourth-order valence-corrected chi connectivity index (χ4v) is 2.35. The molecule has 0 aliphatic rings. The number of halogens is 1. The molecule has 1 aromatic heterocycles. The molecule has 0 spiro atoms. The fourth-order valence-electron chi connectivity index (χ4n) is 2.14. The first-order chi connectivity index (χ1) is 10.2. The van der Waals surface area contributed by atoms with Crippen LogP contribution in [-0.4, -0.2) is 25.4 Å². The average Bonchev–Trinajstić information content (AvgIpc) is 2.53. The van der Waals surface area contributed by atoms with Crippen LogP contribution >= 0.6 is 11.6 Å². The summed E-state index contributed by atoms with van der Waals surface area (Å²) < 4.78 is 11.9. The first-order valence-corrected chi connectivity index (χ1v) is 7.16. The van der Waals surface area contributed by atoms with E-state index in [1.54, 1.807) is 24.9 Å². The first kappa shape index (κ1) is 15.6. The SMILES string of the molecule is COCCn1c(-c2ccc(OC)cc2)ccc(CCl)c1=O. The van der Waals surface area contributed by atoms with Gasteiger partial charge in [-0.25, -0.2) is 0 Å². The number of aromatic nitrogens is 1. The minimum Gasteiger partial charge on any atom is -0.497 e. The van der Waals surface area contributed by atoms with Crippen molar-refractivity contribution < 1.29 is 9.47 Å². The van der Waals surface area contributed by atoms with E-state index in [0.717, 1.165) is 17.0 Å². The monoisotopic (exact) mass is 307 g/mol. The van der Waals surface area contributed by atoms with Crippen LogP contribution in [0.5, 0.6) is 5.75 Å². The van der Waals surface area contributed by atoms with Crippen molar-refractivity contribution in [1.82, 2.24) is 4.57 Å². The van der Waals surface area contributed by atoms with Crippen molar-refractivity contribution in [1.29, 1.82) is 0 Å².